The third kappa shape index (κ3) is 3.46. The van der Waals surface area contributed by atoms with Crippen LogP contribution in [0.1, 0.15) is 29.1 Å². The van der Waals surface area contributed by atoms with Gasteiger partial charge >= 0.3 is 0 Å². The van der Waals surface area contributed by atoms with Crippen LogP contribution in [0.4, 0.5) is 0 Å². The van der Waals surface area contributed by atoms with Gasteiger partial charge in [-0.1, -0.05) is 30.3 Å². The van der Waals surface area contributed by atoms with Crippen LogP contribution in [0.25, 0.3) is 0 Å². The second kappa shape index (κ2) is 6.90. The van der Waals surface area contributed by atoms with Crippen LogP contribution in [0.3, 0.4) is 0 Å². The molecule has 1 aliphatic heterocycles. The van der Waals surface area contributed by atoms with Crippen LogP contribution < -0.4 is 0 Å². The molecule has 4 nitrogen and oxygen atoms in total. The Morgan fingerprint density at radius 3 is 2.45 bits per heavy atom. The Morgan fingerprint density at radius 1 is 1.09 bits per heavy atom. The predicted octanol–water partition coefficient (Wildman–Crippen LogP) is 2.84. The first kappa shape index (κ1) is 15.0. The van der Waals surface area contributed by atoms with E-state index in [2.05, 4.69) is 47.1 Å². The van der Waals surface area contributed by atoms with Crippen LogP contribution in [0.15, 0.2) is 53.1 Å². The van der Waals surface area contributed by atoms with E-state index >= 15 is 0 Å². The Balaban J connectivity index is 1.51. The average Bonchev–Trinajstić information content (AvgIpc) is 3.10. The van der Waals surface area contributed by atoms with Crippen LogP contribution in [-0.2, 0) is 0 Å². The monoisotopic (exact) mass is 298 g/mol. The van der Waals surface area contributed by atoms with Crippen LogP contribution in [0.2, 0.25) is 0 Å². The van der Waals surface area contributed by atoms with E-state index in [4.69, 9.17) is 4.42 Å². The smallest absolute Gasteiger partial charge is 0.211 e. The van der Waals surface area contributed by atoms with Gasteiger partial charge in [-0.15, -0.1) is 0 Å². The summed E-state index contributed by atoms with van der Waals surface area (Å²) < 4.78 is 5.17. The van der Waals surface area contributed by atoms with Gasteiger partial charge in [-0.3, -0.25) is 14.6 Å². The molecule has 1 saturated heterocycles. The van der Waals surface area contributed by atoms with Gasteiger partial charge in [-0.25, -0.2) is 0 Å². The molecule has 116 valence electrons. The molecule has 0 N–H and O–H groups in total. The fraction of sp³-hybridized carbons (Fsp3) is 0.389. The summed E-state index contributed by atoms with van der Waals surface area (Å²) in [4.78, 5) is 16.7. The fourth-order valence-electron chi connectivity index (χ4n) is 2.97. The SMILES string of the molecule is CC(c1ccccc1)N1CCN(CC(=O)c2ccco2)CC1. The Morgan fingerprint density at radius 2 is 1.82 bits per heavy atom. The average molecular weight is 298 g/mol. The number of piperazine rings is 1. The maximum absolute atomic E-state index is 12.1. The van der Waals surface area contributed by atoms with Crippen LogP contribution in [-0.4, -0.2) is 48.3 Å². The second-order valence-electron chi connectivity index (χ2n) is 5.80. The molecule has 1 unspecified atom stereocenters. The van der Waals surface area contributed by atoms with E-state index in [0.717, 1.165) is 26.2 Å². The normalized spacial score (nSPS) is 18.2. The summed E-state index contributed by atoms with van der Waals surface area (Å²) in [5, 5.41) is 0. The first-order valence-corrected chi connectivity index (χ1v) is 7.82. The number of Topliss-reactive ketones (excluding diaryl/α,β-unsaturated/α-hetero) is 1. The maximum atomic E-state index is 12.1. The maximum Gasteiger partial charge on any atom is 0.211 e. The molecule has 1 atom stereocenters. The lowest BCUT2D eigenvalue weighted by molar-refractivity contribution is 0.0767. The van der Waals surface area contributed by atoms with Crippen molar-refractivity contribution in [2.24, 2.45) is 0 Å². The molecule has 0 radical (unpaired) electrons. The minimum absolute atomic E-state index is 0.0644. The highest BCUT2D eigenvalue weighted by Gasteiger charge is 2.23. The van der Waals surface area contributed by atoms with E-state index in [9.17, 15) is 4.79 Å². The first-order valence-electron chi connectivity index (χ1n) is 7.82. The lowest BCUT2D eigenvalue weighted by Gasteiger charge is -2.37. The van der Waals surface area contributed by atoms with E-state index in [1.807, 2.05) is 0 Å². The molecule has 0 spiro atoms. The van der Waals surface area contributed by atoms with Gasteiger partial charge in [0.05, 0.1) is 12.8 Å². The summed E-state index contributed by atoms with van der Waals surface area (Å²) in [6.07, 6.45) is 1.55. The first-order chi connectivity index (χ1) is 10.7. The molecule has 1 aromatic heterocycles. The number of hydrogen-bond acceptors (Lipinski definition) is 4. The second-order valence-corrected chi connectivity index (χ2v) is 5.80. The van der Waals surface area contributed by atoms with Crippen LogP contribution in [0, 0.1) is 0 Å². The quantitative estimate of drug-likeness (QED) is 0.795. The van der Waals surface area contributed by atoms with Crippen molar-refractivity contribution in [3.63, 3.8) is 0 Å². The summed E-state index contributed by atoms with van der Waals surface area (Å²) in [6, 6.07) is 14.5. The molecule has 2 heterocycles. The van der Waals surface area contributed by atoms with Gasteiger partial charge in [0.25, 0.3) is 0 Å². The van der Waals surface area contributed by atoms with Crippen molar-refractivity contribution in [3.05, 3.63) is 60.1 Å². The topological polar surface area (TPSA) is 36.7 Å². The van der Waals surface area contributed by atoms with Gasteiger partial charge in [-0.2, -0.15) is 0 Å². The Bertz CT molecular complexity index is 587. The fourth-order valence-corrected chi connectivity index (χ4v) is 2.97. The van der Waals surface area contributed by atoms with Crippen LogP contribution in [0.5, 0.6) is 0 Å². The zero-order valence-corrected chi connectivity index (χ0v) is 12.9. The van der Waals surface area contributed by atoms with Crippen LogP contribution >= 0.6 is 0 Å². The highest BCUT2D eigenvalue weighted by Crippen LogP contribution is 2.21. The Labute approximate surface area is 131 Å². The van der Waals surface area contributed by atoms with E-state index < -0.39 is 0 Å². The standard InChI is InChI=1S/C18H22N2O2/c1-15(16-6-3-2-4-7-16)20-11-9-19(10-12-20)14-17(21)18-8-5-13-22-18/h2-8,13,15H,9-12,14H2,1H3. The summed E-state index contributed by atoms with van der Waals surface area (Å²) >= 11 is 0. The molecular weight excluding hydrogens is 276 g/mol. The summed E-state index contributed by atoms with van der Waals surface area (Å²) in [6.45, 7) is 6.51. The van der Waals surface area contributed by atoms with E-state index in [1.165, 1.54) is 5.56 Å². The number of ketones is 1. The van der Waals surface area contributed by atoms with Crippen molar-refractivity contribution in [3.8, 4) is 0 Å². The van der Waals surface area contributed by atoms with Crippen molar-refractivity contribution in [1.82, 2.24) is 9.80 Å². The molecule has 0 saturated carbocycles. The minimum atomic E-state index is 0.0644. The number of carbonyl (C=O) groups is 1. The third-order valence-corrected chi connectivity index (χ3v) is 4.40. The molecule has 4 heteroatoms. The molecule has 0 aliphatic carbocycles. The van der Waals surface area contributed by atoms with Gasteiger partial charge < -0.3 is 4.42 Å². The highest BCUT2D eigenvalue weighted by molar-refractivity contribution is 5.94. The zero-order chi connectivity index (χ0) is 15.4. The lowest BCUT2D eigenvalue weighted by Crippen LogP contribution is -2.48. The van der Waals surface area contributed by atoms with Gasteiger partial charge in [0.15, 0.2) is 5.76 Å². The number of rotatable bonds is 5. The molecule has 2 aromatic rings. The zero-order valence-electron chi connectivity index (χ0n) is 12.9. The van der Waals surface area contributed by atoms with E-state index in [-0.39, 0.29) is 5.78 Å². The predicted molar refractivity (Wildman–Crippen MR) is 85.9 cm³/mol. The number of benzene rings is 1. The largest absolute Gasteiger partial charge is 0.461 e. The molecule has 0 amide bonds. The molecule has 1 fully saturated rings. The molecule has 3 rings (SSSR count). The van der Waals surface area contributed by atoms with Crippen molar-refractivity contribution in [1.29, 1.82) is 0 Å². The molecule has 1 aromatic carbocycles. The number of furan rings is 1. The summed E-state index contributed by atoms with van der Waals surface area (Å²) in [7, 11) is 0. The molecular formula is C18H22N2O2. The van der Waals surface area contributed by atoms with Crippen molar-refractivity contribution in [2.45, 2.75) is 13.0 Å². The van der Waals surface area contributed by atoms with Gasteiger partial charge in [0.1, 0.15) is 0 Å². The Kier molecular flexibility index (Phi) is 4.71. The lowest BCUT2D eigenvalue weighted by atomic mass is 10.1. The summed E-state index contributed by atoms with van der Waals surface area (Å²) in [5.74, 6) is 0.523. The van der Waals surface area contributed by atoms with Gasteiger partial charge in [0.2, 0.25) is 5.78 Å². The number of carbonyl (C=O) groups excluding carboxylic acids is 1. The van der Waals surface area contributed by atoms with E-state index in [1.54, 1.807) is 18.4 Å². The molecule has 1 aliphatic rings. The van der Waals surface area contributed by atoms with E-state index in [0.29, 0.717) is 18.3 Å². The number of hydrogen-bond donors (Lipinski definition) is 0. The van der Waals surface area contributed by atoms with Gasteiger partial charge in [0, 0.05) is 32.2 Å². The van der Waals surface area contributed by atoms with Gasteiger partial charge in [-0.05, 0) is 24.6 Å². The number of nitrogens with zero attached hydrogens (tertiary/aromatic N) is 2. The Hall–Kier alpha value is -1.91. The minimum Gasteiger partial charge on any atom is -0.461 e. The third-order valence-electron chi connectivity index (χ3n) is 4.40. The van der Waals surface area contributed by atoms with Crippen molar-refractivity contribution < 1.29 is 9.21 Å². The van der Waals surface area contributed by atoms with Crippen molar-refractivity contribution in [2.75, 3.05) is 32.7 Å². The molecule has 22 heavy (non-hydrogen) atoms. The summed E-state index contributed by atoms with van der Waals surface area (Å²) in [5.41, 5.74) is 1.35. The highest BCUT2D eigenvalue weighted by atomic mass is 16.3. The van der Waals surface area contributed by atoms with Crippen molar-refractivity contribution >= 4 is 5.78 Å². The molecule has 0 bridgehead atoms.